The Morgan fingerprint density at radius 2 is 2.04 bits per heavy atom. The number of hydrogen-bond acceptors (Lipinski definition) is 4. The summed E-state index contributed by atoms with van der Waals surface area (Å²) in [6.07, 6.45) is 5.45. The molecule has 0 saturated heterocycles. The van der Waals surface area contributed by atoms with Crippen LogP contribution in [0.25, 0.3) is 0 Å². The number of carbonyl (C=O) groups is 2. The van der Waals surface area contributed by atoms with Crippen LogP contribution >= 0.6 is 0 Å². The summed E-state index contributed by atoms with van der Waals surface area (Å²) in [6.45, 7) is 2.21. The molecule has 2 atom stereocenters. The zero-order chi connectivity index (χ0) is 17.6. The lowest BCUT2D eigenvalue weighted by atomic mass is 10.1. The molecule has 1 fully saturated rings. The van der Waals surface area contributed by atoms with E-state index in [1.54, 1.807) is 13.1 Å². The number of nitrogens with one attached hydrogen (secondary N) is 1. The minimum Gasteiger partial charge on any atom is -0.466 e. The normalized spacial score (nSPS) is 18.4. The van der Waals surface area contributed by atoms with Crippen molar-refractivity contribution in [3.05, 3.63) is 59.9 Å². The fourth-order valence-corrected chi connectivity index (χ4v) is 2.92. The summed E-state index contributed by atoms with van der Waals surface area (Å²) in [6, 6.07) is 11.5. The van der Waals surface area contributed by atoms with Crippen molar-refractivity contribution in [3.8, 4) is 0 Å². The van der Waals surface area contributed by atoms with Gasteiger partial charge in [-0.25, -0.2) is 0 Å². The lowest BCUT2D eigenvalue weighted by Gasteiger charge is -2.07. The SMILES string of the molecule is CCOC(=O)CCc1ccc(NC(=O)[C@H]2C[C@H]2c2cccnc2)cc1. The molecular weight excluding hydrogens is 316 g/mol. The third-order valence-corrected chi connectivity index (χ3v) is 4.38. The number of carbonyl (C=O) groups excluding carboxylic acids is 2. The third kappa shape index (κ3) is 4.66. The molecule has 1 saturated carbocycles. The van der Waals surface area contributed by atoms with Gasteiger partial charge in [0.05, 0.1) is 6.61 Å². The fourth-order valence-electron chi connectivity index (χ4n) is 2.92. The Hall–Kier alpha value is -2.69. The van der Waals surface area contributed by atoms with Gasteiger partial charge in [0.2, 0.25) is 5.91 Å². The van der Waals surface area contributed by atoms with E-state index in [2.05, 4.69) is 10.3 Å². The average Bonchev–Trinajstić information content (AvgIpc) is 3.43. The summed E-state index contributed by atoms with van der Waals surface area (Å²) in [4.78, 5) is 27.8. The van der Waals surface area contributed by atoms with Gasteiger partial charge < -0.3 is 10.1 Å². The van der Waals surface area contributed by atoms with Crippen LogP contribution in [-0.2, 0) is 20.7 Å². The number of aryl methyl sites for hydroxylation is 1. The average molecular weight is 338 g/mol. The molecule has 1 amide bonds. The van der Waals surface area contributed by atoms with E-state index in [1.807, 2.05) is 42.6 Å². The van der Waals surface area contributed by atoms with E-state index in [4.69, 9.17) is 4.74 Å². The zero-order valence-electron chi connectivity index (χ0n) is 14.3. The van der Waals surface area contributed by atoms with Gasteiger partial charge in [0.1, 0.15) is 0 Å². The monoisotopic (exact) mass is 338 g/mol. The molecule has 1 aromatic heterocycles. The molecule has 0 bridgehead atoms. The number of ether oxygens (including phenoxy) is 1. The fraction of sp³-hybridized carbons (Fsp3) is 0.350. The molecule has 3 rings (SSSR count). The van der Waals surface area contributed by atoms with Gasteiger partial charge in [-0.15, -0.1) is 0 Å². The van der Waals surface area contributed by atoms with E-state index in [-0.39, 0.29) is 23.7 Å². The highest BCUT2D eigenvalue weighted by atomic mass is 16.5. The molecule has 1 aromatic carbocycles. The number of amides is 1. The van der Waals surface area contributed by atoms with E-state index in [1.165, 1.54) is 0 Å². The van der Waals surface area contributed by atoms with Gasteiger partial charge in [0, 0.05) is 30.4 Å². The number of esters is 1. The predicted molar refractivity (Wildman–Crippen MR) is 95.1 cm³/mol. The Morgan fingerprint density at radius 1 is 1.24 bits per heavy atom. The van der Waals surface area contributed by atoms with Gasteiger partial charge in [-0.2, -0.15) is 0 Å². The van der Waals surface area contributed by atoms with Gasteiger partial charge >= 0.3 is 5.97 Å². The summed E-state index contributed by atoms with van der Waals surface area (Å²) in [5.74, 6) is 0.161. The Morgan fingerprint density at radius 3 is 2.72 bits per heavy atom. The highest BCUT2D eigenvalue weighted by Crippen LogP contribution is 2.47. The lowest BCUT2D eigenvalue weighted by Crippen LogP contribution is -2.14. The number of nitrogens with zero attached hydrogens (tertiary/aromatic N) is 1. The second-order valence-corrected chi connectivity index (χ2v) is 6.23. The second kappa shape index (κ2) is 7.92. The minimum absolute atomic E-state index is 0.0210. The van der Waals surface area contributed by atoms with Crippen molar-refractivity contribution in [1.82, 2.24) is 4.98 Å². The smallest absolute Gasteiger partial charge is 0.306 e. The first-order valence-electron chi connectivity index (χ1n) is 8.62. The van der Waals surface area contributed by atoms with Crippen LogP contribution in [0.15, 0.2) is 48.8 Å². The van der Waals surface area contributed by atoms with Crippen molar-refractivity contribution in [1.29, 1.82) is 0 Å². The van der Waals surface area contributed by atoms with E-state index in [9.17, 15) is 9.59 Å². The number of pyridine rings is 1. The maximum Gasteiger partial charge on any atom is 0.306 e. The molecule has 5 heteroatoms. The van der Waals surface area contributed by atoms with Crippen LogP contribution in [0.5, 0.6) is 0 Å². The molecule has 1 N–H and O–H groups in total. The van der Waals surface area contributed by atoms with Crippen molar-refractivity contribution in [2.75, 3.05) is 11.9 Å². The van der Waals surface area contributed by atoms with E-state index in [0.717, 1.165) is 23.2 Å². The predicted octanol–water partition coefficient (Wildman–Crippen LogP) is 3.32. The molecular formula is C20H22N2O3. The van der Waals surface area contributed by atoms with Gasteiger partial charge in [-0.3, -0.25) is 14.6 Å². The van der Waals surface area contributed by atoms with Crippen molar-refractivity contribution in [3.63, 3.8) is 0 Å². The Kier molecular flexibility index (Phi) is 5.43. The molecule has 130 valence electrons. The van der Waals surface area contributed by atoms with Crippen molar-refractivity contribution < 1.29 is 14.3 Å². The first-order chi connectivity index (χ1) is 12.2. The van der Waals surface area contributed by atoms with Crippen molar-refractivity contribution in [2.45, 2.75) is 32.1 Å². The summed E-state index contributed by atoms with van der Waals surface area (Å²) in [5, 5.41) is 2.97. The Balaban J connectivity index is 1.49. The number of benzene rings is 1. The molecule has 0 unspecified atom stereocenters. The molecule has 0 spiro atoms. The van der Waals surface area contributed by atoms with Gasteiger partial charge in [-0.1, -0.05) is 18.2 Å². The number of rotatable bonds is 7. The molecule has 25 heavy (non-hydrogen) atoms. The van der Waals surface area contributed by atoms with E-state index >= 15 is 0 Å². The van der Waals surface area contributed by atoms with Crippen LogP contribution in [0.4, 0.5) is 5.69 Å². The van der Waals surface area contributed by atoms with Crippen LogP contribution in [0, 0.1) is 5.92 Å². The summed E-state index contributed by atoms with van der Waals surface area (Å²) < 4.78 is 4.92. The largest absolute Gasteiger partial charge is 0.466 e. The third-order valence-electron chi connectivity index (χ3n) is 4.38. The number of aromatic nitrogens is 1. The van der Waals surface area contributed by atoms with E-state index in [0.29, 0.717) is 19.4 Å². The van der Waals surface area contributed by atoms with Crippen molar-refractivity contribution >= 4 is 17.6 Å². The van der Waals surface area contributed by atoms with Crippen LogP contribution in [0.2, 0.25) is 0 Å². The molecule has 1 heterocycles. The standard InChI is InChI=1S/C20H22N2O3/c1-2-25-19(23)10-7-14-5-8-16(9-6-14)22-20(24)18-12-17(18)15-4-3-11-21-13-15/h3-6,8-9,11,13,17-18H,2,7,10,12H2,1H3,(H,22,24)/t17-,18-/m0/s1. The molecule has 2 aromatic rings. The minimum atomic E-state index is -0.185. The van der Waals surface area contributed by atoms with E-state index < -0.39 is 0 Å². The van der Waals surface area contributed by atoms with Gasteiger partial charge in [0.25, 0.3) is 0 Å². The highest BCUT2D eigenvalue weighted by molar-refractivity contribution is 5.95. The van der Waals surface area contributed by atoms with Crippen LogP contribution in [0.1, 0.15) is 36.8 Å². The second-order valence-electron chi connectivity index (χ2n) is 6.23. The molecule has 1 aliphatic carbocycles. The summed E-state index contributed by atoms with van der Waals surface area (Å²) >= 11 is 0. The number of anilines is 1. The maximum absolute atomic E-state index is 12.3. The summed E-state index contributed by atoms with van der Waals surface area (Å²) in [5.41, 5.74) is 2.95. The van der Waals surface area contributed by atoms with Crippen LogP contribution < -0.4 is 5.32 Å². The quantitative estimate of drug-likeness (QED) is 0.786. The molecule has 5 nitrogen and oxygen atoms in total. The van der Waals surface area contributed by atoms with Crippen LogP contribution in [0.3, 0.4) is 0 Å². The first-order valence-corrected chi connectivity index (χ1v) is 8.62. The van der Waals surface area contributed by atoms with Crippen LogP contribution in [-0.4, -0.2) is 23.5 Å². The van der Waals surface area contributed by atoms with Crippen molar-refractivity contribution in [2.24, 2.45) is 5.92 Å². The summed E-state index contributed by atoms with van der Waals surface area (Å²) in [7, 11) is 0. The lowest BCUT2D eigenvalue weighted by molar-refractivity contribution is -0.143. The van der Waals surface area contributed by atoms with Gasteiger partial charge in [-0.05, 0) is 55.0 Å². The molecule has 1 aliphatic rings. The highest BCUT2D eigenvalue weighted by Gasteiger charge is 2.44. The Bertz CT molecular complexity index is 728. The first kappa shape index (κ1) is 17.1. The van der Waals surface area contributed by atoms with Gasteiger partial charge in [0.15, 0.2) is 0 Å². The zero-order valence-corrected chi connectivity index (χ0v) is 14.3. The topological polar surface area (TPSA) is 68.3 Å². The maximum atomic E-state index is 12.3. The molecule has 0 radical (unpaired) electrons. The Labute approximate surface area is 147 Å². The molecule has 0 aliphatic heterocycles. The number of hydrogen-bond donors (Lipinski definition) is 1.